The number of hydrogen-bond acceptors (Lipinski definition) is 3. The molecule has 0 atom stereocenters. The van der Waals surface area contributed by atoms with Gasteiger partial charge in [-0.25, -0.2) is 4.98 Å². The van der Waals surface area contributed by atoms with Crippen LogP contribution < -0.4 is 10.5 Å². The first-order chi connectivity index (χ1) is 11.8. The second-order valence-electron chi connectivity index (χ2n) is 5.52. The number of H-pyrrole nitrogens is 1. The molecule has 3 aromatic heterocycles. The van der Waals surface area contributed by atoms with E-state index in [2.05, 4.69) is 9.97 Å². The number of ether oxygens (including phenoxy) is 1. The third kappa shape index (κ3) is 2.12. The van der Waals surface area contributed by atoms with Gasteiger partial charge in [-0.15, -0.1) is 0 Å². The first kappa shape index (κ1) is 15.3. The van der Waals surface area contributed by atoms with Gasteiger partial charge in [-0.3, -0.25) is 4.79 Å². The number of nitrogens with zero attached hydrogens (tertiary/aromatic N) is 2. The number of carbonyl (C=O) groups excluding carboxylic acids is 1. The molecule has 0 saturated carbocycles. The maximum absolute atomic E-state index is 13.0. The summed E-state index contributed by atoms with van der Waals surface area (Å²) in [6.07, 6.45) is -2.53. The third-order valence-corrected chi connectivity index (χ3v) is 4.06. The summed E-state index contributed by atoms with van der Waals surface area (Å²) >= 11 is 0. The van der Waals surface area contributed by atoms with Crippen LogP contribution in [0.3, 0.4) is 0 Å². The largest absolute Gasteiger partial charge is 0.495 e. The van der Waals surface area contributed by atoms with E-state index in [0.29, 0.717) is 27.6 Å². The van der Waals surface area contributed by atoms with Crippen LogP contribution in [-0.4, -0.2) is 27.4 Å². The molecule has 4 aromatic rings. The van der Waals surface area contributed by atoms with Crippen molar-refractivity contribution in [1.29, 1.82) is 0 Å². The SMILES string of the molecule is COc1cccc2c1[nH]c1c(C(N)=O)cn3cc(C(F)(F)F)nc3c12. The summed E-state index contributed by atoms with van der Waals surface area (Å²) in [4.78, 5) is 18.6. The fourth-order valence-electron chi connectivity index (χ4n) is 3.00. The number of carbonyl (C=O) groups is 1. The summed E-state index contributed by atoms with van der Waals surface area (Å²) in [6, 6.07) is 5.12. The van der Waals surface area contributed by atoms with Crippen LogP contribution in [-0.2, 0) is 6.18 Å². The average Bonchev–Trinajstić information content (AvgIpc) is 3.13. The summed E-state index contributed by atoms with van der Waals surface area (Å²) in [7, 11) is 1.47. The highest BCUT2D eigenvalue weighted by Gasteiger charge is 2.34. The van der Waals surface area contributed by atoms with Gasteiger partial charge in [0.25, 0.3) is 5.91 Å². The molecule has 0 aliphatic carbocycles. The Balaban J connectivity index is 2.25. The minimum Gasteiger partial charge on any atom is -0.495 e. The minimum atomic E-state index is -4.60. The molecule has 0 radical (unpaired) electrons. The molecule has 1 aromatic carbocycles. The highest BCUT2D eigenvalue weighted by molar-refractivity contribution is 6.20. The lowest BCUT2D eigenvalue weighted by molar-refractivity contribution is -0.140. The monoisotopic (exact) mass is 348 g/mol. The van der Waals surface area contributed by atoms with Crippen molar-refractivity contribution in [3.8, 4) is 5.75 Å². The number of primary amides is 1. The molecule has 0 spiro atoms. The number of hydrogen-bond donors (Lipinski definition) is 2. The van der Waals surface area contributed by atoms with Crippen molar-refractivity contribution in [3.05, 3.63) is 41.9 Å². The molecule has 0 aliphatic rings. The Morgan fingerprint density at radius 3 is 2.68 bits per heavy atom. The highest BCUT2D eigenvalue weighted by Crippen LogP contribution is 2.37. The molecule has 128 valence electrons. The molecular weight excluding hydrogens is 337 g/mol. The number of para-hydroxylation sites is 1. The summed E-state index contributed by atoms with van der Waals surface area (Å²) in [6.45, 7) is 0. The molecule has 0 unspecified atom stereocenters. The molecule has 9 heteroatoms. The van der Waals surface area contributed by atoms with Crippen LogP contribution in [0.4, 0.5) is 13.2 Å². The van der Waals surface area contributed by atoms with Crippen LogP contribution in [0, 0.1) is 0 Å². The first-order valence-electron chi connectivity index (χ1n) is 7.18. The number of rotatable bonds is 2. The van der Waals surface area contributed by atoms with Crippen molar-refractivity contribution in [2.24, 2.45) is 5.73 Å². The zero-order chi connectivity index (χ0) is 17.9. The molecule has 3 heterocycles. The van der Waals surface area contributed by atoms with E-state index < -0.39 is 17.8 Å². The molecule has 3 N–H and O–H groups in total. The van der Waals surface area contributed by atoms with Crippen molar-refractivity contribution in [1.82, 2.24) is 14.4 Å². The standard InChI is InChI=1S/C16H11F3N4O2/c1-25-9-4-2-3-7-11-13(22-12(7)9)8(14(20)24)5-23-6-10(16(17,18)19)21-15(11)23/h2-6,22H,1H3,(H2,20,24). The molecule has 0 bridgehead atoms. The number of alkyl halides is 3. The first-order valence-corrected chi connectivity index (χ1v) is 7.18. The number of pyridine rings is 1. The van der Waals surface area contributed by atoms with Crippen LogP contribution in [0.15, 0.2) is 30.6 Å². The van der Waals surface area contributed by atoms with Gasteiger partial charge in [-0.1, -0.05) is 12.1 Å². The molecule has 25 heavy (non-hydrogen) atoms. The van der Waals surface area contributed by atoms with Gasteiger partial charge in [0.05, 0.1) is 29.1 Å². The van der Waals surface area contributed by atoms with Crippen molar-refractivity contribution < 1.29 is 22.7 Å². The van der Waals surface area contributed by atoms with E-state index in [1.165, 1.54) is 13.3 Å². The Labute approximate surface area is 138 Å². The summed E-state index contributed by atoms with van der Waals surface area (Å²) < 4.78 is 45.6. The summed E-state index contributed by atoms with van der Waals surface area (Å²) in [5.41, 5.74) is 5.37. The topological polar surface area (TPSA) is 85.4 Å². The molecular formula is C16H11F3N4O2. The number of aromatic nitrogens is 3. The number of nitrogens with one attached hydrogen (secondary N) is 1. The maximum atomic E-state index is 13.0. The number of benzene rings is 1. The fourth-order valence-corrected chi connectivity index (χ4v) is 3.00. The van der Waals surface area contributed by atoms with Crippen molar-refractivity contribution in [2.45, 2.75) is 6.18 Å². The lowest BCUT2D eigenvalue weighted by atomic mass is 10.1. The normalized spacial score (nSPS) is 12.3. The van der Waals surface area contributed by atoms with Gasteiger partial charge in [0.15, 0.2) is 5.69 Å². The van der Waals surface area contributed by atoms with E-state index in [0.717, 1.165) is 10.6 Å². The fraction of sp³-hybridized carbons (Fsp3) is 0.125. The zero-order valence-electron chi connectivity index (χ0n) is 12.8. The number of aromatic amines is 1. The van der Waals surface area contributed by atoms with Crippen LogP contribution in [0.25, 0.3) is 27.5 Å². The highest BCUT2D eigenvalue weighted by atomic mass is 19.4. The predicted octanol–water partition coefficient (Wildman–Crippen LogP) is 3.10. The smallest absolute Gasteiger partial charge is 0.434 e. The molecule has 0 aliphatic heterocycles. The number of amides is 1. The summed E-state index contributed by atoms with van der Waals surface area (Å²) in [5.74, 6) is -0.274. The number of nitrogens with two attached hydrogens (primary N) is 1. The lowest BCUT2D eigenvalue weighted by Crippen LogP contribution is -2.12. The minimum absolute atomic E-state index is 0.0619. The Hall–Kier alpha value is -3.23. The van der Waals surface area contributed by atoms with E-state index in [9.17, 15) is 18.0 Å². The van der Waals surface area contributed by atoms with Crippen LogP contribution in [0.5, 0.6) is 5.75 Å². The van der Waals surface area contributed by atoms with Gasteiger partial charge in [0.2, 0.25) is 0 Å². The van der Waals surface area contributed by atoms with E-state index in [-0.39, 0.29) is 11.2 Å². The van der Waals surface area contributed by atoms with Gasteiger partial charge in [-0.2, -0.15) is 13.2 Å². The average molecular weight is 348 g/mol. The van der Waals surface area contributed by atoms with Crippen LogP contribution in [0.1, 0.15) is 16.1 Å². The number of imidazole rings is 1. The van der Waals surface area contributed by atoms with Gasteiger partial charge in [-0.05, 0) is 6.07 Å². The quantitative estimate of drug-likeness (QED) is 0.584. The number of methoxy groups -OCH3 is 1. The lowest BCUT2D eigenvalue weighted by Gasteiger charge is -2.02. The van der Waals surface area contributed by atoms with Gasteiger partial charge >= 0.3 is 6.18 Å². The third-order valence-electron chi connectivity index (χ3n) is 4.06. The van der Waals surface area contributed by atoms with Gasteiger partial charge < -0.3 is 19.9 Å². The number of halogens is 3. The van der Waals surface area contributed by atoms with E-state index >= 15 is 0 Å². The van der Waals surface area contributed by atoms with E-state index in [1.54, 1.807) is 18.2 Å². The molecule has 4 rings (SSSR count). The Bertz CT molecular complexity index is 1160. The maximum Gasteiger partial charge on any atom is 0.434 e. The van der Waals surface area contributed by atoms with Crippen molar-refractivity contribution >= 4 is 33.4 Å². The van der Waals surface area contributed by atoms with Crippen LogP contribution >= 0.6 is 0 Å². The second kappa shape index (κ2) is 4.88. The van der Waals surface area contributed by atoms with Crippen LogP contribution in [0.2, 0.25) is 0 Å². The predicted molar refractivity (Wildman–Crippen MR) is 84.6 cm³/mol. The van der Waals surface area contributed by atoms with E-state index in [1.807, 2.05) is 0 Å². The van der Waals surface area contributed by atoms with E-state index in [4.69, 9.17) is 10.5 Å². The number of fused-ring (bicyclic) bond motifs is 5. The molecule has 1 amide bonds. The molecule has 6 nitrogen and oxygen atoms in total. The second-order valence-corrected chi connectivity index (χ2v) is 5.52. The summed E-state index contributed by atoms with van der Waals surface area (Å²) in [5, 5.41) is 0.961. The van der Waals surface area contributed by atoms with Gasteiger partial charge in [0, 0.05) is 17.8 Å². The van der Waals surface area contributed by atoms with Crippen molar-refractivity contribution in [2.75, 3.05) is 7.11 Å². The van der Waals surface area contributed by atoms with Gasteiger partial charge in [0.1, 0.15) is 11.4 Å². The Kier molecular flexibility index (Phi) is 2.99. The van der Waals surface area contributed by atoms with Crippen molar-refractivity contribution in [3.63, 3.8) is 0 Å². The molecule has 0 saturated heterocycles. The zero-order valence-corrected chi connectivity index (χ0v) is 12.8. The molecule has 0 fully saturated rings. The Morgan fingerprint density at radius 2 is 2.04 bits per heavy atom. The Morgan fingerprint density at radius 1 is 1.28 bits per heavy atom.